The molecule has 1 fully saturated rings. The molecule has 0 bridgehead atoms. The average molecular weight is 231 g/mol. The van der Waals surface area contributed by atoms with E-state index in [9.17, 15) is 0 Å². The van der Waals surface area contributed by atoms with Crippen molar-refractivity contribution in [1.29, 1.82) is 0 Å². The van der Waals surface area contributed by atoms with Gasteiger partial charge in [-0.2, -0.15) is 0 Å². The van der Waals surface area contributed by atoms with Crippen molar-refractivity contribution in [3.63, 3.8) is 0 Å². The maximum atomic E-state index is 3.73. The second-order valence-corrected chi connectivity index (χ2v) is 5.85. The molecular weight excluding hydrogens is 206 g/mol. The van der Waals surface area contributed by atoms with E-state index in [0.717, 1.165) is 6.54 Å². The van der Waals surface area contributed by atoms with E-state index in [1.165, 1.54) is 36.8 Å². The Morgan fingerprint density at radius 1 is 1.24 bits per heavy atom. The SMILES string of the molecule is CCCNC(Cc1ccc(C)cc1)C1(C)CC1. The van der Waals surface area contributed by atoms with Gasteiger partial charge in [0.15, 0.2) is 0 Å². The monoisotopic (exact) mass is 231 g/mol. The Morgan fingerprint density at radius 3 is 2.41 bits per heavy atom. The molecule has 1 heteroatoms. The summed E-state index contributed by atoms with van der Waals surface area (Å²) in [5.74, 6) is 0. The molecule has 0 heterocycles. The van der Waals surface area contributed by atoms with Gasteiger partial charge in [-0.3, -0.25) is 0 Å². The third-order valence-corrected chi connectivity index (χ3v) is 4.08. The summed E-state index contributed by atoms with van der Waals surface area (Å²) in [6, 6.07) is 9.66. The summed E-state index contributed by atoms with van der Waals surface area (Å²) < 4.78 is 0. The van der Waals surface area contributed by atoms with Crippen LogP contribution in [-0.2, 0) is 6.42 Å². The number of rotatable bonds is 6. The minimum Gasteiger partial charge on any atom is -0.313 e. The van der Waals surface area contributed by atoms with Gasteiger partial charge in [0.1, 0.15) is 0 Å². The molecule has 1 nitrogen and oxygen atoms in total. The summed E-state index contributed by atoms with van der Waals surface area (Å²) in [6.07, 6.45) is 5.18. The van der Waals surface area contributed by atoms with Crippen LogP contribution in [0, 0.1) is 12.3 Å². The highest BCUT2D eigenvalue weighted by molar-refractivity contribution is 5.23. The van der Waals surface area contributed by atoms with Gasteiger partial charge in [0.05, 0.1) is 0 Å². The molecule has 17 heavy (non-hydrogen) atoms. The van der Waals surface area contributed by atoms with E-state index < -0.39 is 0 Å². The van der Waals surface area contributed by atoms with Crippen LogP contribution in [0.3, 0.4) is 0 Å². The van der Waals surface area contributed by atoms with Gasteiger partial charge in [-0.05, 0) is 50.1 Å². The lowest BCUT2D eigenvalue weighted by Gasteiger charge is -2.25. The van der Waals surface area contributed by atoms with E-state index in [0.29, 0.717) is 11.5 Å². The lowest BCUT2D eigenvalue weighted by Crippen LogP contribution is -2.38. The van der Waals surface area contributed by atoms with Crippen molar-refractivity contribution < 1.29 is 0 Å². The molecule has 0 amide bonds. The molecule has 0 spiro atoms. The molecule has 1 aliphatic rings. The van der Waals surface area contributed by atoms with Gasteiger partial charge >= 0.3 is 0 Å². The summed E-state index contributed by atoms with van der Waals surface area (Å²) in [4.78, 5) is 0. The Balaban J connectivity index is 1.99. The molecule has 1 unspecified atom stereocenters. The Morgan fingerprint density at radius 2 is 1.88 bits per heavy atom. The predicted octanol–water partition coefficient (Wildman–Crippen LogP) is 3.71. The van der Waals surface area contributed by atoms with Crippen LogP contribution in [-0.4, -0.2) is 12.6 Å². The molecule has 1 N–H and O–H groups in total. The zero-order valence-electron chi connectivity index (χ0n) is 11.4. The maximum Gasteiger partial charge on any atom is 0.0161 e. The molecule has 0 aromatic heterocycles. The zero-order chi connectivity index (χ0) is 12.3. The maximum absolute atomic E-state index is 3.73. The summed E-state index contributed by atoms with van der Waals surface area (Å²) in [5.41, 5.74) is 3.38. The van der Waals surface area contributed by atoms with Crippen molar-refractivity contribution in [3.8, 4) is 0 Å². The predicted molar refractivity (Wildman–Crippen MR) is 74.3 cm³/mol. The van der Waals surface area contributed by atoms with E-state index in [4.69, 9.17) is 0 Å². The average Bonchev–Trinajstić information content (AvgIpc) is 3.06. The molecule has 0 aliphatic heterocycles. The molecule has 2 rings (SSSR count). The molecule has 0 saturated heterocycles. The zero-order valence-corrected chi connectivity index (χ0v) is 11.4. The third kappa shape index (κ3) is 3.32. The first kappa shape index (κ1) is 12.6. The van der Waals surface area contributed by atoms with Crippen molar-refractivity contribution in [3.05, 3.63) is 35.4 Å². The Kier molecular flexibility index (Phi) is 3.88. The summed E-state index contributed by atoms with van der Waals surface area (Å²) in [7, 11) is 0. The highest BCUT2D eigenvalue weighted by atomic mass is 14.9. The van der Waals surface area contributed by atoms with Crippen LogP contribution in [0.1, 0.15) is 44.2 Å². The van der Waals surface area contributed by atoms with Crippen molar-refractivity contribution in [2.24, 2.45) is 5.41 Å². The van der Waals surface area contributed by atoms with Crippen molar-refractivity contribution in [2.75, 3.05) is 6.54 Å². The number of nitrogens with one attached hydrogen (secondary N) is 1. The van der Waals surface area contributed by atoms with E-state index in [1.54, 1.807) is 0 Å². The van der Waals surface area contributed by atoms with Crippen LogP contribution >= 0.6 is 0 Å². The molecule has 1 aliphatic carbocycles. The topological polar surface area (TPSA) is 12.0 Å². The quantitative estimate of drug-likeness (QED) is 0.787. The molecule has 1 aromatic carbocycles. The standard InChI is InChI=1S/C16H25N/c1-4-11-17-15(16(3)9-10-16)12-14-7-5-13(2)6-8-14/h5-8,15,17H,4,9-12H2,1-3H3. The van der Waals surface area contributed by atoms with Crippen LogP contribution < -0.4 is 5.32 Å². The Hall–Kier alpha value is -0.820. The number of aryl methyl sites for hydroxylation is 1. The second kappa shape index (κ2) is 5.22. The van der Waals surface area contributed by atoms with Gasteiger partial charge in [0, 0.05) is 6.04 Å². The van der Waals surface area contributed by atoms with Gasteiger partial charge in [-0.1, -0.05) is 43.7 Å². The van der Waals surface area contributed by atoms with Gasteiger partial charge in [-0.25, -0.2) is 0 Å². The van der Waals surface area contributed by atoms with Crippen LogP contribution in [0.15, 0.2) is 24.3 Å². The normalized spacial score (nSPS) is 19.0. The highest BCUT2D eigenvalue weighted by Gasteiger charge is 2.44. The van der Waals surface area contributed by atoms with Crippen LogP contribution in [0.25, 0.3) is 0 Å². The molecule has 94 valence electrons. The Bertz CT molecular complexity index is 348. The lowest BCUT2D eigenvalue weighted by atomic mass is 9.92. The van der Waals surface area contributed by atoms with Crippen molar-refractivity contribution in [1.82, 2.24) is 5.32 Å². The Labute approximate surface area is 106 Å². The summed E-state index contributed by atoms with van der Waals surface area (Å²) >= 11 is 0. The van der Waals surface area contributed by atoms with Gasteiger partial charge in [-0.15, -0.1) is 0 Å². The number of hydrogen-bond acceptors (Lipinski definition) is 1. The molecule has 1 aromatic rings. The van der Waals surface area contributed by atoms with E-state index in [1.807, 2.05) is 0 Å². The highest BCUT2D eigenvalue weighted by Crippen LogP contribution is 2.48. The number of benzene rings is 1. The van der Waals surface area contributed by atoms with Gasteiger partial charge < -0.3 is 5.32 Å². The van der Waals surface area contributed by atoms with Crippen LogP contribution in [0.5, 0.6) is 0 Å². The fraction of sp³-hybridized carbons (Fsp3) is 0.625. The molecule has 1 saturated carbocycles. The van der Waals surface area contributed by atoms with Crippen LogP contribution in [0.2, 0.25) is 0 Å². The van der Waals surface area contributed by atoms with Crippen LogP contribution in [0.4, 0.5) is 0 Å². The fourth-order valence-electron chi connectivity index (χ4n) is 2.39. The second-order valence-electron chi connectivity index (χ2n) is 5.85. The van der Waals surface area contributed by atoms with Crippen molar-refractivity contribution in [2.45, 2.75) is 52.5 Å². The number of hydrogen-bond donors (Lipinski definition) is 1. The van der Waals surface area contributed by atoms with E-state index in [2.05, 4.69) is 50.4 Å². The first-order chi connectivity index (χ1) is 8.14. The molecule has 1 atom stereocenters. The summed E-state index contributed by atoms with van der Waals surface area (Å²) in [6.45, 7) is 7.96. The first-order valence-electron chi connectivity index (χ1n) is 6.93. The van der Waals surface area contributed by atoms with E-state index in [-0.39, 0.29) is 0 Å². The summed E-state index contributed by atoms with van der Waals surface area (Å²) in [5, 5.41) is 3.73. The fourth-order valence-corrected chi connectivity index (χ4v) is 2.39. The van der Waals surface area contributed by atoms with E-state index >= 15 is 0 Å². The largest absolute Gasteiger partial charge is 0.313 e. The third-order valence-electron chi connectivity index (χ3n) is 4.08. The van der Waals surface area contributed by atoms with Gasteiger partial charge in [0.25, 0.3) is 0 Å². The minimum absolute atomic E-state index is 0.556. The smallest absolute Gasteiger partial charge is 0.0161 e. The molecular formula is C16H25N. The van der Waals surface area contributed by atoms with Gasteiger partial charge in [0.2, 0.25) is 0 Å². The minimum atomic E-state index is 0.556. The lowest BCUT2D eigenvalue weighted by molar-refractivity contribution is 0.354. The first-order valence-corrected chi connectivity index (χ1v) is 6.93. The van der Waals surface area contributed by atoms with Crippen molar-refractivity contribution >= 4 is 0 Å². The molecule has 0 radical (unpaired) electrons.